The van der Waals surface area contributed by atoms with Gasteiger partial charge in [0, 0.05) is 30.1 Å². The minimum atomic E-state index is -0.0510. The van der Waals surface area contributed by atoms with Crippen molar-refractivity contribution in [3.63, 3.8) is 0 Å². The third kappa shape index (κ3) is 4.45. The lowest BCUT2D eigenvalue weighted by molar-refractivity contribution is 0.0914. The average molecular weight is 424 g/mol. The Bertz CT molecular complexity index is 1040. The molecule has 4 nitrogen and oxygen atoms in total. The molecule has 0 spiro atoms. The van der Waals surface area contributed by atoms with Gasteiger partial charge in [-0.3, -0.25) is 4.79 Å². The van der Waals surface area contributed by atoms with Gasteiger partial charge in [-0.25, -0.2) is 0 Å². The largest absolute Gasteiger partial charge is 0.484 e. The summed E-state index contributed by atoms with van der Waals surface area (Å²) in [6.45, 7) is 5.58. The van der Waals surface area contributed by atoms with Crippen LogP contribution in [-0.2, 0) is 11.3 Å². The zero-order valence-electron chi connectivity index (χ0n) is 17.4. The Kier molecular flexibility index (Phi) is 6.26. The molecule has 0 bridgehead atoms. The van der Waals surface area contributed by atoms with Crippen molar-refractivity contribution in [3.8, 4) is 16.9 Å². The van der Waals surface area contributed by atoms with E-state index in [0.717, 1.165) is 48.5 Å². The first-order chi connectivity index (χ1) is 14.5. The van der Waals surface area contributed by atoms with E-state index in [2.05, 4.69) is 4.57 Å². The molecule has 3 aromatic rings. The minimum absolute atomic E-state index is 0.0470. The normalized spacial score (nSPS) is 16.0. The summed E-state index contributed by atoms with van der Waals surface area (Å²) in [5, 5.41) is 0.494. The highest BCUT2D eigenvalue weighted by Crippen LogP contribution is 2.30. The van der Waals surface area contributed by atoms with Crippen LogP contribution in [-0.4, -0.2) is 29.7 Å². The fraction of sp³-hybridized carbons (Fsp3) is 0.320. The summed E-state index contributed by atoms with van der Waals surface area (Å²) in [5.41, 5.74) is 4.82. The molecule has 1 atom stereocenters. The average Bonchev–Trinajstić information content (AvgIpc) is 3.37. The van der Waals surface area contributed by atoms with Crippen molar-refractivity contribution in [1.82, 2.24) is 4.57 Å². The molecule has 0 aliphatic carbocycles. The van der Waals surface area contributed by atoms with Crippen molar-refractivity contribution in [2.24, 2.45) is 0 Å². The van der Waals surface area contributed by atoms with Gasteiger partial charge >= 0.3 is 0 Å². The van der Waals surface area contributed by atoms with Crippen LogP contribution in [0.1, 0.15) is 34.6 Å². The highest BCUT2D eigenvalue weighted by molar-refractivity contribution is 6.32. The Morgan fingerprint density at radius 3 is 2.63 bits per heavy atom. The smallest absolute Gasteiger partial charge is 0.202 e. The second-order valence-electron chi connectivity index (χ2n) is 7.75. The lowest BCUT2D eigenvalue weighted by Gasteiger charge is -2.15. The topological polar surface area (TPSA) is 40.5 Å². The molecule has 0 saturated carbocycles. The zero-order valence-corrected chi connectivity index (χ0v) is 18.1. The van der Waals surface area contributed by atoms with Gasteiger partial charge in [-0.15, -0.1) is 0 Å². The lowest BCUT2D eigenvalue weighted by Crippen LogP contribution is -2.18. The van der Waals surface area contributed by atoms with E-state index in [9.17, 15) is 4.79 Å². The van der Waals surface area contributed by atoms with Gasteiger partial charge < -0.3 is 14.0 Å². The van der Waals surface area contributed by atoms with Crippen LogP contribution in [0.4, 0.5) is 0 Å². The van der Waals surface area contributed by atoms with E-state index < -0.39 is 0 Å². The number of nitrogens with zero attached hydrogens (tertiary/aromatic N) is 1. The predicted molar refractivity (Wildman–Crippen MR) is 120 cm³/mol. The van der Waals surface area contributed by atoms with Crippen LogP contribution in [0, 0.1) is 13.8 Å². The van der Waals surface area contributed by atoms with Gasteiger partial charge in [0.05, 0.1) is 11.1 Å². The number of ether oxygens (including phenoxy) is 2. The highest BCUT2D eigenvalue weighted by Gasteiger charge is 2.21. The van der Waals surface area contributed by atoms with Crippen LogP contribution in [0.15, 0.2) is 54.6 Å². The fourth-order valence-electron chi connectivity index (χ4n) is 4.01. The molecule has 1 aliphatic rings. The number of hydrogen-bond acceptors (Lipinski definition) is 3. The van der Waals surface area contributed by atoms with Crippen molar-refractivity contribution >= 4 is 17.4 Å². The van der Waals surface area contributed by atoms with Crippen molar-refractivity contribution < 1.29 is 14.3 Å². The molecule has 1 fully saturated rings. The van der Waals surface area contributed by atoms with Crippen LogP contribution in [0.3, 0.4) is 0 Å². The number of halogens is 1. The second-order valence-corrected chi connectivity index (χ2v) is 8.16. The quantitative estimate of drug-likeness (QED) is 0.446. The van der Waals surface area contributed by atoms with Gasteiger partial charge in [0.1, 0.15) is 5.75 Å². The number of carbonyl (C=O) groups excluding carboxylic acids is 1. The molecule has 1 aliphatic heterocycles. The number of Topliss-reactive ketones (excluding diaryl/α,β-unsaturated/α-hetero) is 1. The van der Waals surface area contributed by atoms with Crippen LogP contribution in [0.25, 0.3) is 11.1 Å². The molecule has 2 aromatic carbocycles. The van der Waals surface area contributed by atoms with Gasteiger partial charge in [0.25, 0.3) is 0 Å². The number of carbonyl (C=O) groups is 1. The molecular weight excluding hydrogens is 398 g/mol. The fourth-order valence-corrected chi connectivity index (χ4v) is 4.24. The van der Waals surface area contributed by atoms with E-state index >= 15 is 0 Å². The van der Waals surface area contributed by atoms with Gasteiger partial charge in [0.2, 0.25) is 5.78 Å². The summed E-state index contributed by atoms with van der Waals surface area (Å²) >= 11 is 6.41. The summed E-state index contributed by atoms with van der Waals surface area (Å²) in [6, 6.07) is 17.6. The van der Waals surface area contributed by atoms with Gasteiger partial charge in [-0.1, -0.05) is 48.0 Å². The Balaban J connectivity index is 1.43. The van der Waals surface area contributed by atoms with Crippen LogP contribution >= 0.6 is 11.6 Å². The maximum atomic E-state index is 12.8. The van der Waals surface area contributed by atoms with E-state index in [1.807, 2.05) is 68.4 Å². The number of rotatable bonds is 7. The van der Waals surface area contributed by atoms with Gasteiger partial charge in [-0.05, 0) is 56.0 Å². The standard InChI is InChI=1S/C25H26ClNO3/c1-17-13-22(18(2)27(17)15-21-9-6-12-29-21)24(28)16-30-25-11-10-20(14-23(25)26)19-7-4-3-5-8-19/h3-5,7-8,10-11,13-14,21H,6,9,12,15-16H2,1-2H3/t21-/m0/s1. The van der Waals surface area contributed by atoms with Crippen molar-refractivity contribution in [2.75, 3.05) is 13.2 Å². The minimum Gasteiger partial charge on any atom is -0.484 e. The van der Waals surface area contributed by atoms with Crippen LogP contribution in [0.5, 0.6) is 5.75 Å². The van der Waals surface area contributed by atoms with Gasteiger partial charge in [0.15, 0.2) is 6.61 Å². The molecule has 4 rings (SSSR count). The summed E-state index contributed by atoms with van der Waals surface area (Å²) < 4.78 is 13.7. The van der Waals surface area contributed by atoms with Gasteiger partial charge in [-0.2, -0.15) is 0 Å². The SMILES string of the molecule is Cc1cc(C(=O)COc2ccc(-c3ccccc3)cc2Cl)c(C)n1C[C@@H]1CCCO1. The van der Waals surface area contributed by atoms with Crippen LogP contribution < -0.4 is 4.74 Å². The van der Waals surface area contributed by atoms with E-state index in [1.165, 1.54) is 0 Å². The summed E-state index contributed by atoms with van der Waals surface area (Å²) in [6.07, 6.45) is 2.41. The lowest BCUT2D eigenvalue weighted by atomic mass is 10.1. The predicted octanol–water partition coefficient (Wildman–Crippen LogP) is 5.87. The first kappa shape index (κ1) is 20.7. The first-order valence-corrected chi connectivity index (χ1v) is 10.7. The maximum absolute atomic E-state index is 12.8. The monoisotopic (exact) mass is 423 g/mol. The second kappa shape index (κ2) is 9.07. The number of aromatic nitrogens is 1. The number of ketones is 1. The molecule has 0 unspecified atom stereocenters. The summed E-state index contributed by atoms with van der Waals surface area (Å²) in [7, 11) is 0. The molecule has 1 aromatic heterocycles. The third-order valence-electron chi connectivity index (χ3n) is 5.68. The molecule has 5 heteroatoms. The number of hydrogen-bond donors (Lipinski definition) is 0. The van der Waals surface area contributed by atoms with Crippen molar-refractivity contribution in [3.05, 3.63) is 76.6 Å². The Morgan fingerprint density at radius 1 is 1.13 bits per heavy atom. The highest BCUT2D eigenvalue weighted by atomic mass is 35.5. The molecule has 156 valence electrons. The Hall–Kier alpha value is -2.56. The molecular formula is C25H26ClNO3. The van der Waals surface area contributed by atoms with Crippen molar-refractivity contribution in [2.45, 2.75) is 39.3 Å². The maximum Gasteiger partial charge on any atom is 0.202 e. The van der Waals surface area contributed by atoms with E-state index in [-0.39, 0.29) is 18.5 Å². The zero-order chi connectivity index (χ0) is 21.1. The Labute approximate surface area is 182 Å². The van der Waals surface area contributed by atoms with Crippen molar-refractivity contribution in [1.29, 1.82) is 0 Å². The molecule has 0 radical (unpaired) electrons. The Morgan fingerprint density at radius 2 is 1.93 bits per heavy atom. The summed E-state index contributed by atoms with van der Waals surface area (Å²) in [4.78, 5) is 12.8. The molecule has 1 saturated heterocycles. The number of aryl methyl sites for hydroxylation is 1. The molecule has 2 heterocycles. The first-order valence-electron chi connectivity index (χ1n) is 10.3. The molecule has 0 N–H and O–H groups in total. The number of benzene rings is 2. The van der Waals surface area contributed by atoms with E-state index in [0.29, 0.717) is 16.3 Å². The molecule has 0 amide bonds. The summed E-state index contributed by atoms with van der Waals surface area (Å²) in [5.74, 6) is 0.461. The van der Waals surface area contributed by atoms with Crippen LogP contribution in [0.2, 0.25) is 5.02 Å². The van der Waals surface area contributed by atoms with E-state index in [1.54, 1.807) is 0 Å². The van der Waals surface area contributed by atoms with E-state index in [4.69, 9.17) is 21.1 Å². The molecule has 30 heavy (non-hydrogen) atoms. The third-order valence-corrected chi connectivity index (χ3v) is 5.98.